The predicted octanol–water partition coefficient (Wildman–Crippen LogP) is 5.00. The SMILES string of the molecule is CC(C)Oc1ccc(S(=O)(=O)N2CCC(c3cn(CC(=O)NOC(C)(C)C)c4nc(Br)ccc34)CC2)cc1. The molecule has 0 saturated carbocycles. The van der Waals surface area contributed by atoms with Crippen LogP contribution in [0, 0.1) is 0 Å². The molecule has 38 heavy (non-hydrogen) atoms. The first-order valence-electron chi connectivity index (χ1n) is 12.7. The Labute approximate surface area is 232 Å². The molecule has 1 aliphatic rings. The number of rotatable bonds is 8. The summed E-state index contributed by atoms with van der Waals surface area (Å²) in [6.45, 7) is 10.3. The van der Waals surface area contributed by atoms with Crippen LogP contribution < -0.4 is 10.2 Å². The number of fused-ring (bicyclic) bond motifs is 1. The third kappa shape index (κ3) is 6.74. The average Bonchev–Trinajstić information content (AvgIpc) is 3.19. The smallest absolute Gasteiger partial charge is 0.263 e. The van der Waals surface area contributed by atoms with Crippen molar-refractivity contribution in [3.8, 4) is 5.75 Å². The molecule has 0 spiro atoms. The van der Waals surface area contributed by atoms with Gasteiger partial charge in [-0.15, -0.1) is 0 Å². The first-order valence-corrected chi connectivity index (χ1v) is 15.0. The number of sulfonamides is 1. The Morgan fingerprint density at radius 1 is 1.13 bits per heavy atom. The van der Waals surface area contributed by atoms with Crippen molar-refractivity contribution >= 4 is 42.9 Å². The molecule has 11 heteroatoms. The molecule has 206 valence electrons. The van der Waals surface area contributed by atoms with Gasteiger partial charge in [-0.25, -0.2) is 18.9 Å². The molecule has 3 aromatic rings. The van der Waals surface area contributed by atoms with Gasteiger partial charge in [0.2, 0.25) is 10.0 Å². The number of hydrogen-bond donors (Lipinski definition) is 1. The van der Waals surface area contributed by atoms with E-state index in [9.17, 15) is 13.2 Å². The number of carbonyl (C=O) groups excluding carboxylic acids is 1. The lowest BCUT2D eigenvalue weighted by Gasteiger charge is -2.31. The number of pyridine rings is 1. The number of halogens is 1. The maximum Gasteiger partial charge on any atom is 0.263 e. The zero-order valence-electron chi connectivity index (χ0n) is 22.4. The highest BCUT2D eigenvalue weighted by atomic mass is 79.9. The zero-order valence-corrected chi connectivity index (χ0v) is 24.8. The van der Waals surface area contributed by atoms with Gasteiger partial charge in [0.25, 0.3) is 5.91 Å². The molecule has 1 fully saturated rings. The summed E-state index contributed by atoms with van der Waals surface area (Å²) in [7, 11) is -3.60. The van der Waals surface area contributed by atoms with Gasteiger partial charge in [0.1, 0.15) is 22.5 Å². The molecule has 1 aliphatic heterocycles. The molecular formula is C27H35BrN4O5S. The summed E-state index contributed by atoms with van der Waals surface area (Å²) >= 11 is 3.43. The molecule has 1 aromatic carbocycles. The van der Waals surface area contributed by atoms with Crippen LogP contribution >= 0.6 is 15.9 Å². The van der Waals surface area contributed by atoms with Crippen LogP contribution in [0.1, 0.15) is 58.9 Å². The Morgan fingerprint density at radius 3 is 2.39 bits per heavy atom. The second kappa shape index (κ2) is 11.3. The molecule has 0 bridgehead atoms. The van der Waals surface area contributed by atoms with Crippen LogP contribution in [0.5, 0.6) is 5.75 Å². The highest BCUT2D eigenvalue weighted by molar-refractivity contribution is 9.10. The third-order valence-electron chi connectivity index (χ3n) is 6.23. The molecule has 1 N–H and O–H groups in total. The number of nitrogens with one attached hydrogen (secondary N) is 1. The number of hydroxylamine groups is 1. The number of aromatic nitrogens is 2. The summed E-state index contributed by atoms with van der Waals surface area (Å²) in [5.41, 5.74) is 3.77. The van der Waals surface area contributed by atoms with Gasteiger partial charge in [-0.3, -0.25) is 9.63 Å². The topological polar surface area (TPSA) is 103 Å². The Bertz CT molecular complexity index is 1390. The van der Waals surface area contributed by atoms with Crippen molar-refractivity contribution < 1.29 is 22.8 Å². The lowest BCUT2D eigenvalue weighted by atomic mass is 9.90. The summed E-state index contributed by atoms with van der Waals surface area (Å²) in [5.74, 6) is 0.507. The number of nitrogens with zero attached hydrogens (tertiary/aromatic N) is 3. The van der Waals surface area contributed by atoms with Gasteiger partial charge in [-0.05, 0) is 111 Å². The molecule has 0 atom stereocenters. The first kappa shape index (κ1) is 28.5. The Hall–Kier alpha value is -2.47. The van der Waals surface area contributed by atoms with E-state index in [0.717, 1.165) is 10.9 Å². The van der Waals surface area contributed by atoms with Crippen molar-refractivity contribution in [1.82, 2.24) is 19.3 Å². The Balaban J connectivity index is 1.49. The van der Waals surface area contributed by atoms with Gasteiger partial charge in [0.05, 0.1) is 16.6 Å². The van der Waals surface area contributed by atoms with Crippen LogP contribution in [-0.4, -0.2) is 53.0 Å². The minimum absolute atomic E-state index is 0.0185. The Kier molecular flexibility index (Phi) is 8.51. The second-order valence-electron chi connectivity index (χ2n) is 10.8. The standard InChI is InChI=1S/C27H35BrN4O5S/c1-18(2)36-20-6-8-21(9-7-20)38(34,35)32-14-12-19(13-15-32)23-16-31(17-25(33)30-37-27(3,4)5)26-22(23)10-11-24(28)29-26/h6-11,16,18-19H,12-15,17H2,1-5H3,(H,30,33). The normalized spacial score (nSPS) is 15.8. The number of ether oxygens (including phenoxy) is 1. The molecule has 1 amide bonds. The number of hydrogen-bond acceptors (Lipinski definition) is 6. The first-order chi connectivity index (χ1) is 17.8. The minimum Gasteiger partial charge on any atom is -0.491 e. The molecule has 0 radical (unpaired) electrons. The van der Waals surface area contributed by atoms with E-state index in [1.807, 2.05) is 57.5 Å². The van der Waals surface area contributed by atoms with E-state index >= 15 is 0 Å². The molecule has 1 saturated heterocycles. The van der Waals surface area contributed by atoms with Gasteiger partial charge < -0.3 is 9.30 Å². The van der Waals surface area contributed by atoms with E-state index in [0.29, 0.717) is 41.9 Å². The zero-order chi connectivity index (χ0) is 27.7. The van der Waals surface area contributed by atoms with E-state index in [4.69, 9.17) is 9.57 Å². The fraction of sp³-hybridized carbons (Fsp3) is 0.481. The van der Waals surface area contributed by atoms with Crippen LogP contribution in [0.25, 0.3) is 11.0 Å². The lowest BCUT2D eigenvalue weighted by Crippen LogP contribution is -2.37. The Morgan fingerprint density at radius 2 is 1.79 bits per heavy atom. The minimum atomic E-state index is -3.60. The third-order valence-corrected chi connectivity index (χ3v) is 8.59. The molecule has 4 rings (SSSR count). The summed E-state index contributed by atoms with van der Waals surface area (Å²) < 4.78 is 36.2. The van der Waals surface area contributed by atoms with E-state index in [-0.39, 0.29) is 29.4 Å². The van der Waals surface area contributed by atoms with Crippen LogP contribution in [0.15, 0.2) is 52.1 Å². The van der Waals surface area contributed by atoms with Crippen molar-refractivity contribution in [3.63, 3.8) is 0 Å². The molecule has 0 unspecified atom stereocenters. The van der Waals surface area contributed by atoms with Crippen LogP contribution in [-0.2, 0) is 26.2 Å². The average molecular weight is 608 g/mol. The summed E-state index contributed by atoms with van der Waals surface area (Å²) in [6, 6.07) is 10.5. The molecule has 9 nitrogen and oxygen atoms in total. The maximum absolute atomic E-state index is 13.3. The van der Waals surface area contributed by atoms with Crippen molar-refractivity contribution in [3.05, 3.63) is 52.8 Å². The number of amides is 1. The molecule has 2 aromatic heterocycles. The quantitative estimate of drug-likeness (QED) is 0.286. The van der Waals surface area contributed by atoms with Gasteiger partial charge in [0, 0.05) is 24.7 Å². The van der Waals surface area contributed by atoms with Crippen LogP contribution in [0.2, 0.25) is 0 Å². The maximum atomic E-state index is 13.3. The second-order valence-corrected chi connectivity index (χ2v) is 13.5. The molecule has 3 heterocycles. The van der Waals surface area contributed by atoms with Crippen molar-refractivity contribution in [2.45, 2.75) is 76.5 Å². The van der Waals surface area contributed by atoms with E-state index < -0.39 is 15.6 Å². The van der Waals surface area contributed by atoms with Crippen LogP contribution in [0.4, 0.5) is 0 Å². The monoisotopic (exact) mass is 606 g/mol. The number of carbonyl (C=O) groups is 1. The van der Waals surface area contributed by atoms with Crippen LogP contribution in [0.3, 0.4) is 0 Å². The summed E-state index contributed by atoms with van der Waals surface area (Å²) in [6.07, 6.45) is 3.32. The van der Waals surface area contributed by atoms with Gasteiger partial charge in [-0.2, -0.15) is 4.31 Å². The fourth-order valence-corrected chi connectivity index (χ4v) is 6.30. The highest BCUT2D eigenvalue weighted by Crippen LogP contribution is 2.36. The fourth-order valence-electron chi connectivity index (χ4n) is 4.53. The van der Waals surface area contributed by atoms with Crippen molar-refractivity contribution in [2.24, 2.45) is 0 Å². The molecular weight excluding hydrogens is 572 g/mol. The summed E-state index contributed by atoms with van der Waals surface area (Å²) in [5, 5.41) is 0.958. The predicted molar refractivity (Wildman–Crippen MR) is 149 cm³/mol. The highest BCUT2D eigenvalue weighted by Gasteiger charge is 2.31. The van der Waals surface area contributed by atoms with Crippen molar-refractivity contribution in [2.75, 3.05) is 13.1 Å². The van der Waals surface area contributed by atoms with E-state index in [1.54, 1.807) is 28.6 Å². The number of piperidine rings is 1. The lowest BCUT2D eigenvalue weighted by molar-refractivity contribution is -0.146. The molecule has 0 aliphatic carbocycles. The van der Waals surface area contributed by atoms with E-state index in [2.05, 4.69) is 26.4 Å². The van der Waals surface area contributed by atoms with Gasteiger partial charge in [0.15, 0.2) is 0 Å². The largest absolute Gasteiger partial charge is 0.491 e. The van der Waals surface area contributed by atoms with Gasteiger partial charge >= 0.3 is 0 Å². The summed E-state index contributed by atoms with van der Waals surface area (Å²) in [4.78, 5) is 22.8. The van der Waals surface area contributed by atoms with Gasteiger partial charge in [-0.1, -0.05) is 0 Å². The number of benzene rings is 1. The van der Waals surface area contributed by atoms with Crippen molar-refractivity contribution in [1.29, 1.82) is 0 Å². The van der Waals surface area contributed by atoms with E-state index in [1.165, 1.54) is 0 Å².